The fourth-order valence-electron chi connectivity index (χ4n) is 3.64. The minimum atomic E-state index is -0.328. The first-order valence-corrected chi connectivity index (χ1v) is 10.1. The molecule has 0 unspecified atom stereocenters. The van der Waals surface area contributed by atoms with Gasteiger partial charge in [-0.05, 0) is 48.4 Å². The molecule has 156 valence electrons. The van der Waals surface area contributed by atoms with E-state index in [0.29, 0.717) is 29.1 Å². The molecule has 1 aliphatic rings. The van der Waals surface area contributed by atoms with Crippen molar-refractivity contribution in [1.82, 2.24) is 4.90 Å². The highest BCUT2D eigenvalue weighted by molar-refractivity contribution is 6.33. The molecule has 3 aromatic rings. The van der Waals surface area contributed by atoms with Gasteiger partial charge in [-0.3, -0.25) is 14.5 Å². The number of methoxy groups -OCH3 is 1. The number of carbonyl (C=O) groups is 2. The van der Waals surface area contributed by atoms with Crippen LogP contribution in [0.3, 0.4) is 0 Å². The summed E-state index contributed by atoms with van der Waals surface area (Å²) in [5, 5.41) is 0. The van der Waals surface area contributed by atoms with Gasteiger partial charge in [0.25, 0.3) is 11.8 Å². The number of carbonyl (C=O) groups excluding carboxylic acids is 2. The van der Waals surface area contributed by atoms with Gasteiger partial charge in [-0.2, -0.15) is 0 Å². The van der Waals surface area contributed by atoms with Crippen molar-refractivity contribution in [2.75, 3.05) is 13.7 Å². The summed E-state index contributed by atoms with van der Waals surface area (Å²) in [6.07, 6.45) is 1.81. The van der Waals surface area contributed by atoms with Gasteiger partial charge in [0.1, 0.15) is 11.5 Å². The van der Waals surface area contributed by atoms with Crippen molar-refractivity contribution in [1.29, 1.82) is 0 Å². The van der Waals surface area contributed by atoms with Crippen molar-refractivity contribution in [3.05, 3.63) is 95.1 Å². The molecule has 0 N–H and O–H groups in total. The normalized spacial score (nSPS) is 14.5. The van der Waals surface area contributed by atoms with Gasteiger partial charge < -0.3 is 9.47 Å². The number of amides is 2. The molecule has 0 atom stereocenters. The summed E-state index contributed by atoms with van der Waals surface area (Å²) in [6, 6.07) is 22.1. The lowest BCUT2D eigenvalue weighted by Crippen LogP contribution is -2.41. The summed E-state index contributed by atoms with van der Waals surface area (Å²) >= 11 is 0. The van der Waals surface area contributed by atoms with Crippen LogP contribution in [0.4, 0.5) is 0 Å². The molecule has 0 fully saturated rings. The largest absolute Gasteiger partial charge is 0.497 e. The Labute approximate surface area is 181 Å². The van der Waals surface area contributed by atoms with E-state index < -0.39 is 0 Å². The molecule has 0 spiro atoms. The van der Waals surface area contributed by atoms with E-state index in [4.69, 9.17) is 9.47 Å². The molecule has 3 aromatic carbocycles. The van der Waals surface area contributed by atoms with E-state index in [1.165, 1.54) is 4.90 Å². The van der Waals surface area contributed by atoms with Gasteiger partial charge >= 0.3 is 0 Å². The highest BCUT2D eigenvalue weighted by Crippen LogP contribution is 2.33. The Morgan fingerprint density at radius 1 is 0.839 bits per heavy atom. The number of rotatable bonds is 6. The molecule has 0 aromatic heterocycles. The van der Waals surface area contributed by atoms with Crippen molar-refractivity contribution in [3.63, 3.8) is 0 Å². The maximum absolute atomic E-state index is 13.5. The molecule has 5 heteroatoms. The summed E-state index contributed by atoms with van der Waals surface area (Å²) in [6.45, 7) is 2.62. The second-order valence-corrected chi connectivity index (χ2v) is 7.12. The second kappa shape index (κ2) is 8.88. The van der Waals surface area contributed by atoms with Crippen molar-refractivity contribution in [2.24, 2.45) is 0 Å². The number of para-hydroxylation sites is 1. The van der Waals surface area contributed by atoms with Gasteiger partial charge in [0, 0.05) is 16.7 Å². The molecular formula is C26H23NO4. The van der Waals surface area contributed by atoms with Crippen LogP contribution in [-0.4, -0.2) is 30.4 Å². The standard InChI is InChI=1S/C26H23NO4/c1-3-31-24-11-7-4-8-19(24)16-23-21-9-5-6-10-22(21)25(28)27(26(23)29)17-18-12-14-20(30-2)15-13-18/h4-16H,3,17H2,1-2H3/b23-16-. The van der Waals surface area contributed by atoms with Gasteiger partial charge in [-0.15, -0.1) is 0 Å². The van der Waals surface area contributed by atoms with Crippen LogP contribution in [0, 0.1) is 0 Å². The van der Waals surface area contributed by atoms with Crippen LogP contribution in [0.15, 0.2) is 72.8 Å². The molecule has 1 heterocycles. The lowest BCUT2D eigenvalue weighted by molar-refractivity contribution is -0.123. The molecule has 0 radical (unpaired) electrons. The number of nitrogens with zero attached hydrogens (tertiary/aromatic N) is 1. The van der Waals surface area contributed by atoms with Crippen LogP contribution in [-0.2, 0) is 11.3 Å². The quantitative estimate of drug-likeness (QED) is 0.430. The lowest BCUT2D eigenvalue weighted by atomic mass is 9.91. The number of imide groups is 1. The number of benzene rings is 3. The summed E-state index contributed by atoms with van der Waals surface area (Å²) in [4.78, 5) is 27.9. The van der Waals surface area contributed by atoms with Gasteiger partial charge in [-0.1, -0.05) is 48.5 Å². The topological polar surface area (TPSA) is 55.8 Å². The molecule has 5 nitrogen and oxygen atoms in total. The van der Waals surface area contributed by atoms with Crippen molar-refractivity contribution in [3.8, 4) is 11.5 Å². The van der Waals surface area contributed by atoms with E-state index in [0.717, 1.165) is 16.9 Å². The molecule has 0 saturated heterocycles. The van der Waals surface area contributed by atoms with E-state index >= 15 is 0 Å². The third-order valence-electron chi connectivity index (χ3n) is 5.19. The predicted octanol–water partition coefficient (Wildman–Crippen LogP) is 4.82. The second-order valence-electron chi connectivity index (χ2n) is 7.12. The Morgan fingerprint density at radius 3 is 2.23 bits per heavy atom. The summed E-state index contributed by atoms with van der Waals surface area (Å²) < 4.78 is 10.9. The maximum atomic E-state index is 13.5. The number of hydrogen-bond acceptors (Lipinski definition) is 4. The number of hydrogen-bond donors (Lipinski definition) is 0. The molecule has 2 amide bonds. The first kappa shape index (κ1) is 20.4. The van der Waals surface area contributed by atoms with E-state index in [9.17, 15) is 9.59 Å². The first-order chi connectivity index (χ1) is 15.1. The highest BCUT2D eigenvalue weighted by Gasteiger charge is 2.34. The van der Waals surface area contributed by atoms with Gasteiger partial charge in [0.2, 0.25) is 0 Å². The Hall–Kier alpha value is -3.86. The van der Waals surface area contributed by atoms with E-state index in [2.05, 4.69) is 0 Å². The Bertz CT molecular complexity index is 1150. The summed E-state index contributed by atoms with van der Waals surface area (Å²) in [5.41, 5.74) is 3.25. The monoisotopic (exact) mass is 413 g/mol. The van der Waals surface area contributed by atoms with Gasteiger partial charge in [-0.25, -0.2) is 0 Å². The lowest BCUT2D eigenvalue weighted by Gasteiger charge is -2.29. The Balaban J connectivity index is 1.77. The summed E-state index contributed by atoms with van der Waals surface area (Å²) in [7, 11) is 1.60. The third kappa shape index (κ3) is 4.08. The minimum Gasteiger partial charge on any atom is -0.497 e. The average molecular weight is 413 g/mol. The number of fused-ring (bicyclic) bond motifs is 1. The van der Waals surface area contributed by atoms with E-state index in [1.807, 2.05) is 73.7 Å². The van der Waals surface area contributed by atoms with Crippen molar-refractivity contribution >= 4 is 23.5 Å². The fraction of sp³-hybridized carbons (Fsp3) is 0.154. The molecule has 31 heavy (non-hydrogen) atoms. The molecule has 1 aliphatic heterocycles. The molecule has 4 rings (SSSR count). The van der Waals surface area contributed by atoms with Crippen LogP contribution in [0.1, 0.15) is 34.0 Å². The predicted molar refractivity (Wildman–Crippen MR) is 120 cm³/mol. The average Bonchev–Trinajstić information content (AvgIpc) is 2.81. The third-order valence-corrected chi connectivity index (χ3v) is 5.19. The van der Waals surface area contributed by atoms with Crippen LogP contribution in [0.5, 0.6) is 11.5 Å². The Morgan fingerprint density at radius 2 is 1.52 bits per heavy atom. The molecule has 0 saturated carbocycles. The zero-order chi connectivity index (χ0) is 21.8. The summed E-state index contributed by atoms with van der Waals surface area (Å²) in [5.74, 6) is 0.789. The zero-order valence-electron chi connectivity index (χ0n) is 17.5. The fourth-order valence-corrected chi connectivity index (χ4v) is 3.64. The minimum absolute atomic E-state index is 0.181. The van der Waals surface area contributed by atoms with Crippen molar-refractivity contribution < 1.29 is 19.1 Å². The maximum Gasteiger partial charge on any atom is 0.261 e. The number of ether oxygens (including phenoxy) is 2. The SMILES string of the molecule is CCOc1ccccc1/C=C1\C(=O)N(Cc2ccc(OC)cc2)C(=O)c2ccccc21. The van der Waals surface area contributed by atoms with Crippen LogP contribution in [0.25, 0.3) is 11.6 Å². The van der Waals surface area contributed by atoms with Crippen LogP contribution in [0.2, 0.25) is 0 Å². The highest BCUT2D eigenvalue weighted by atomic mass is 16.5. The van der Waals surface area contributed by atoms with Crippen molar-refractivity contribution in [2.45, 2.75) is 13.5 Å². The van der Waals surface area contributed by atoms with Crippen LogP contribution >= 0.6 is 0 Å². The first-order valence-electron chi connectivity index (χ1n) is 10.1. The molecular weight excluding hydrogens is 390 g/mol. The van der Waals surface area contributed by atoms with E-state index in [1.54, 1.807) is 19.3 Å². The Kier molecular flexibility index (Phi) is 5.85. The van der Waals surface area contributed by atoms with Crippen LogP contribution < -0.4 is 9.47 Å². The molecule has 0 bridgehead atoms. The van der Waals surface area contributed by atoms with Gasteiger partial charge in [0.05, 0.1) is 20.3 Å². The zero-order valence-corrected chi connectivity index (χ0v) is 17.5. The van der Waals surface area contributed by atoms with Gasteiger partial charge in [0.15, 0.2) is 0 Å². The molecule has 0 aliphatic carbocycles. The smallest absolute Gasteiger partial charge is 0.261 e. The van der Waals surface area contributed by atoms with E-state index in [-0.39, 0.29) is 18.4 Å².